The van der Waals surface area contributed by atoms with Gasteiger partial charge in [0, 0.05) is 12.6 Å². The summed E-state index contributed by atoms with van der Waals surface area (Å²) >= 11 is 0. The second-order valence-corrected chi connectivity index (χ2v) is 5.33. The molecule has 9 heteroatoms. The molecule has 0 aliphatic rings. The Morgan fingerprint density at radius 3 is 2.11 bits per heavy atom. The number of nitrogens with one attached hydrogen (secondary N) is 1. The molecule has 0 fully saturated rings. The van der Waals surface area contributed by atoms with Gasteiger partial charge in [-0.2, -0.15) is 0 Å². The largest absolute Gasteiger partial charge is 0.497 e. The third-order valence-corrected chi connectivity index (χ3v) is 3.84. The Kier molecular flexibility index (Phi) is 6.42. The number of nitrogens with zero attached hydrogens (tertiary/aromatic N) is 1. The molecule has 0 aliphatic heterocycles. The molecular weight excluding hydrogens is 356 g/mol. The molecule has 0 unspecified atom stereocenters. The van der Waals surface area contributed by atoms with Crippen molar-refractivity contribution in [1.29, 1.82) is 0 Å². The van der Waals surface area contributed by atoms with E-state index >= 15 is 0 Å². The van der Waals surface area contributed by atoms with E-state index in [2.05, 4.69) is 5.32 Å². The summed E-state index contributed by atoms with van der Waals surface area (Å²) in [5, 5.41) is 14.2. The van der Waals surface area contributed by atoms with Crippen molar-refractivity contribution in [1.82, 2.24) is 5.32 Å². The van der Waals surface area contributed by atoms with Crippen LogP contribution in [0.5, 0.6) is 23.0 Å². The molecule has 2 aromatic carbocycles. The molecule has 0 bridgehead atoms. The van der Waals surface area contributed by atoms with E-state index in [9.17, 15) is 14.9 Å². The van der Waals surface area contributed by atoms with Crippen LogP contribution in [0.3, 0.4) is 0 Å². The number of carbonyl (C=O) groups is 1. The van der Waals surface area contributed by atoms with Crippen molar-refractivity contribution in [3.05, 3.63) is 51.6 Å². The molecule has 0 saturated heterocycles. The molecular formula is C18H20N2O7. The number of benzene rings is 2. The number of hydrogen-bond donors (Lipinski definition) is 1. The Hall–Kier alpha value is -3.49. The molecule has 0 spiro atoms. The van der Waals surface area contributed by atoms with E-state index in [1.54, 1.807) is 31.4 Å². The van der Waals surface area contributed by atoms with Gasteiger partial charge in [0.25, 0.3) is 5.91 Å². The van der Waals surface area contributed by atoms with Gasteiger partial charge in [0.1, 0.15) is 11.3 Å². The maximum Gasteiger partial charge on any atom is 0.327 e. The number of rotatable bonds is 8. The lowest BCUT2D eigenvalue weighted by atomic mass is 10.1. The van der Waals surface area contributed by atoms with Gasteiger partial charge in [-0.05, 0) is 17.7 Å². The molecule has 0 heterocycles. The van der Waals surface area contributed by atoms with E-state index in [4.69, 9.17) is 18.9 Å². The van der Waals surface area contributed by atoms with Gasteiger partial charge >= 0.3 is 5.69 Å². The van der Waals surface area contributed by atoms with E-state index in [-0.39, 0.29) is 29.4 Å². The zero-order valence-corrected chi connectivity index (χ0v) is 15.4. The fourth-order valence-corrected chi connectivity index (χ4v) is 2.52. The van der Waals surface area contributed by atoms with Crippen molar-refractivity contribution >= 4 is 11.6 Å². The van der Waals surface area contributed by atoms with Crippen LogP contribution >= 0.6 is 0 Å². The summed E-state index contributed by atoms with van der Waals surface area (Å²) in [7, 11) is 5.50. The predicted molar refractivity (Wildman–Crippen MR) is 96.9 cm³/mol. The molecule has 0 saturated carbocycles. The average molecular weight is 376 g/mol. The molecule has 0 aromatic heterocycles. The summed E-state index contributed by atoms with van der Waals surface area (Å²) in [4.78, 5) is 23.5. The first-order valence-corrected chi connectivity index (χ1v) is 7.85. The molecule has 0 aliphatic carbocycles. The summed E-state index contributed by atoms with van der Waals surface area (Å²) in [5.41, 5.74) is 0.115. The van der Waals surface area contributed by atoms with Crippen LogP contribution in [0.2, 0.25) is 0 Å². The number of hydrogen-bond acceptors (Lipinski definition) is 7. The number of methoxy groups -OCH3 is 4. The summed E-state index contributed by atoms with van der Waals surface area (Å²) < 4.78 is 20.5. The minimum atomic E-state index is -0.691. The van der Waals surface area contributed by atoms with Crippen LogP contribution in [-0.4, -0.2) is 39.3 Å². The number of ether oxygens (including phenoxy) is 4. The highest BCUT2D eigenvalue weighted by Crippen LogP contribution is 2.46. The molecule has 1 N–H and O–H groups in total. The summed E-state index contributed by atoms with van der Waals surface area (Å²) in [6.07, 6.45) is 0. The minimum Gasteiger partial charge on any atom is -0.497 e. The number of nitro groups is 1. The number of nitro benzene ring substituents is 1. The van der Waals surface area contributed by atoms with Crippen molar-refractivity contribution in [2.75, 3.05) is 28.4 Å². The second kappa shape index (κ2) is 8.75. The smallest absolute Gasteiger partial charge is 0.327 e. The van der Waals surface area contributed by atoms with Gasteiger partial charge in [0.15, 0.2) is 5.75 Å². The fourth-order valence-electron chi connectivity index (χ4n) is 2.52. The van der Waals surface area contributed by atoms with Crippen molar-refractivity contribution in [2.24, 2.45) is 0 Å². The number of amides is 1. The van der Waals surface area contributed by atoms with Crippen LogP contribution in [-0.2, 0) is 6.54 Å². The first-order valence-electron chi connectivity index (χ1n) is 7.85. The average Bonchev–Trinajstić information content (AvgIpc) is 2.70. The van der Waals surface area contributed by atoms with Gasteiger partial charge in [-0.25, -0.2) is 0 Å². The van der Waals surface area contributed by atoms with Crippen molar-refractivity contribution in [3.8, 4) is 23.0 Å². The van der Waals surface area contributed by atoms with Gasteiger partial charge in [-0.3, -0.25) is 14.9 Å². The van der Waals surface area contributed by atoms with Crippen LogP contribution in [0.1, 0.15) is 15.9 Å². The van der Waals surface area contributed by atoms with E-state index in [1.807, 2.05) is 0 Å². The monoisotopic (exact) mass is 376 g/mol. The highest BCUT2D eigenvalue weighted by atomic mass is 16.6. The first-order chi connectivity index (χ1) is 13.0. The zero-order chi connectivity index (χ0) is 20.0. The highest BCUT2D eigenvalue weighted by Gasteiger charge is 2.32. The molecule has 144 valence electrons. The Morgan fingerprint density at radius 2 is 1.63 bits per heavy atom. The Morgan fingerprint density at radius 1 is 1.00 bits per heavy atom. The predicted octanol–water partition coefficient (Wildman–Crippen LogP) is 2.56. The highest BCUT2D eigenvalue weighted by molar-refractivity contribution is 6.00. The van der Waals surface area contributed by atoms with E-state index < -0.39 is 16.5 Å². The molecule has 1 amide bonds. The number of carbonyl (C=O) groups excluding carboxylic acids is 1. The van der Waals surface area contributed by atoms with Crippen molar-refractivity contribution < 1.29 is 28.7 Å². The van der Waals surface area contributed by atoms with E-state index in [0.29, 0.717) is 5.75 Å². The van der Waals surface area contributed by atoms with Gasteiger partial charge < -0.3 is 24.3 Å². The maximum atomic E-state index is 12.6. The lowest BCUT2D eigenvalue weighted by Crippen LogP contribution is -2.24. The lowest BCUT2D eigenvalue weighted by molar-refractivity contribution is -0.386. The molecule has 2 aromatic rings. The molecule has 9 nitrogen and oxygen atoms in total. The summed E-state index contributed by atoms with van der Waals surface area (Å²) in [6.45, 7) is 0.177. The van der Waals surface area contributed by atoms with Crippen LogP contribution in [0.15, 0.2) is 30.3 Å². The Balaban J connectivity index is 2.37. The lowest BCUT2D eigenvalue weighted by Gasteiger charge is -2.15. The van der Waals surface area contributed by atoms with Gasteiger partial charge in [0.2, 0.25) is 11.5 Å². The summed E-state index contributed by atoms with van der Waals surface area (Å²) in [5.74, 6) is 0.0477. The third kappa shape index (κ3) is 4.20. The maximum absolute atomic E-state index is 12.6. The zero-order valence-electron chi connectivity index (χ0n) is 15.4. The summed E-state index contributed by atoms with van der Waals surface area (Å²) in [6, 6.07) is 8.32. The van der Waals surface area contributed by atoms with Gasteiger partial charge in [-0.1, -0.05) is 12.1 Å². The van der Waals surface area contributed by atoms with Crippen molar-refractivity contribution in [2.45, 2.75) is 6.54 Å². The van der Waals surface area contributed by atoms with Crippen LogP contribution in [0.4, 0.5) is 5.69 Å². The quantitative estimate of drug-likeness (QED) is 0.557. The molecule has 27 heavy (non-hydrogen) atoms. The van der Waals surface area contributed by atoms with Gasteiger partial charge in [-0.15, -0.1) is 0 Å². The van der Waals surface area contributed by atoms with Crippen molar-refractivity contribution in [3.63, 3.8) is 0 Å². The van der Waals surface area contributed by atoms with Crippen LogP contribution in [0.25, 0.3) is 0 Å². The standard InChI is InChI=1S/C18H20N2O7/c1-24-12-7-5-11(6-8-12)10-19-18(21)13-9-14(25-2)16(26-3)17(27-4)15(13)20(22)23/h5-9H,10H2,1-4H3,(H,19,21). The molecule has 0 radical (unpaired) electrons. The normalized spacial score (nSPS) is 10.1. The van der Waals surface area contributed by atoms with E-state index in [1.165, 1.54) is 27.4 Å². The molecule has 2 rings (SSSR count). The molecule has 0 atom stereocenters. The van der Waals surface area contributed by atoms with Gasteiger partial charge in [0.05, 0.1) is 33.4 Å². The second-order valence-electron chi connectivity index (χ2n) is 5.33. The minimum absolute atomic E-state index is 0.0402. The Labute approximate surface area is 155 Å². The third-order valence-electron chi connectivity index (χ3n) is 3.84. The van der Waals surface area contributed by atoms with E-state index in [0.717, 1.165) is 5.56 Å². The first kappa shape index (κ1) is 19.8. The van der Waals surface area contributed by atoms with Crippen LogP contribution in [0, 0.1) is 10.1 Å². The fraction of sp³-hybridized carbons (Fsp3) is 0.278. The van der Waals surface area contributed by atoms with Crippen LogP contribution < -0.4 is 24.3 Å². The Bertz CT molecular complexity index is 835. The topological polar surface area (TPSA) is 109 Å². The SMILES string of the molecule is COc1ccc(CNC(=O)c2cc(OC)c(OC)c(OC)c2[N+](=O)[O-])cc1.